The highest BCUT2D eigenvalue weighted by Crippen LogP contribution is 2.20. The fourth-order valence-electron chi connectivity index (χ4n) is 3.49. The number of para-hydroxylation sites is 1. The van der Waals surface area contributed by atoms with Crippen molar-refractivity contribution in [2.24, 2.45) is 0 Å². The van der Waals surface area contributed by atoms with Gasteiger partial charge in [-0.1, -0.05) is 18.2 Å². The second-order valence-corrected chi connectivity index (χ2v) is 7.66. The molecule has 2 fully saturated rings. The van der Waals surface area contributed by atoms with E-state index in [1.54, 1.807) is 11.0 Å². The summed E-state index contributed by atoms with van der Waals surface area (Å²) in [7, 11) is 0. The molecule has 1 saturated heterocycles. The van der Waals surface area contributed by atoms with Crippen molar-refractivity contribution in [2.75, 3.05) is 26.2 Å². The van der Waals surface area contributed by atoms with Gasteiger partial charge in [0.15, 0.2) is 5.76 Å². The summed E-state index contributed by atoms with van der Waals surface area (Å²) in [6.07, 6.45) is 3.69. The zero-order valence-electron chi connectivity index (χ0n) is 16.7. The van der Waals surface area contributed by atoms with Crippen molar-refractivity contribution in [3.8, 4) is 5.75 Å². The minimum Gasteiger partial charge on any atom is -0.489 e. The number of nitrogens with one attached hydrogen (secondary N) is 1. The first-order valence-corrected chi connectivity index (χ1v) is 10.2. The van der Waals surface area contributed by atoms with Gasteiger partial charge >= 0.3 is 0 Å². The highest BCUT2D eigenvalue weighted by atomic mass is 16.5. The molecule has 1 aromatic carbocycles. The Morgan fingerprint density at radius 3 is 2.55 bits per heavy atom. The van der Waals surface area contributed by atoms with Gasteiger partial charge in [-0.2, -0.15) is 0 Å². The van der Waals surface area contributed by atoms with Crippen molar-refractivity contribution < 1.29 is 18.7 Å². The summed E-state index contributed by atoms with van der Waals surface area (Å²) in [5.74, 6) is 1.03. The third kappa shape index (κ3) is 4.79. The summed E-state index contributed by atoms with van der Waals surface area (Å²) in [5.41, 5.74) is 0.735. The van der Waals surface area contributed by atoms with Gasteiger partial charge in [0.1, 0.15) is 12.4 Å². The SMILES string of the molecule is CC(C(=O)NC1CC1)N1CCN(C(=O)c2occc2COc2ccccc2)CC1. The molecule has 154 valence electrons. The number of carbonyl (C=O) groups excluding carboxylic acids is 2. The van der Waals surface area contributed by atoms with Gasteiger partial charge < -0.3 is 19.4 Å². The van der Waals surface area contributed by atoms with Crippen molar-refractivity contribution in [1.82, 2.24) is 15.1 Å². The lowest BCUT2D eigenvalue weighted by molar-refractivity contribution is -0.126. The average molecular weight is 397 g/mol. The molecule has 7 heteroatoms. The second kappa shape index (κ2) is 8.69. The molecule has 7 nitrogen and oxygen atoms in total. The molecule has 0 spiro atoms. The highest BCUT2D eigenvalue weighted by Gasteiger charge is 2.32. The summed E-state index contributed by atoms with van der Waals surface area (Å²) >= 11 is 0. The molecule has 0 radical (unpaired) electrons. The van der Waals surface area contributed by atoms with Crippen LogP contribution < -0.4 is 10.1 Å². The maximum atomic E-state index is 12.9. The van der Waals surface area contributed by atoms with Crippen LogP contribution in [0.3, 0.4) is 0 Å². The Bertz CT molecular complexity index is 839. The summed E-state index contributed by atoms with van der Waals surface area (Å²) < 4.78 is 11.2. The number of benzene rings is 1. The molecule has 2 aromatic rings. The van der Waals surface area contributed by atoms with Crippen LogP contribution in [0.5, 0.6) is 5.75 Å². The van der Waals surface area contributed by atoms with E-state index in [0.29, 0.717) is 38.0 Å². The molecular formula is C22H27N3O4. The largest absolute Gasteiger partial charge is 0.489 e. The number of piperazine rings is 1. The van der Waals surface area contributed by atoms with Crippen LogP contribution in [0.4, 0.5) is 0 Å². The Kier molecular flexibility index (Phi) is 5.85. The standard InChI is InChI=1S/C22H27N3O4/c1-16(21(26)23-18-7-8-18)24-10-12-25(13-11-24)22(27)20-17(9-14-28-20)15-29-19-5-3-2-4-6-19/h2-6,9,14,16,18H,7-8,10-13,15H2,1H3,(H,23,26). The monoisotopic (exact) mass is 397 g/mol. The highest BCUT2D eigenvalue weighted by molar-refractivity contribution is 5.93. The zero-order valence-corrected chi connectivity index (χ0v) is 16.7. The number of furan rings is 1. The van der Waals surface area contributed by atoms with Crippen LogP contribution in [-0.4, -0.2) is 59.9 Å². The van der Waals surface area contributed by atoms with Crippen LogP contribution in [0.2, 0.25) is 0 Å². The van der Waals surface area contributed by atoms with Gasteiger partial charge in [0.05, 0.1) is 12.3 Å². The molecule has 1 aromatic heterocycles. The van der Waals surface area contributed by atoms with E-state index in [9.17, 15) is 9.59 Å². The number of nitrogens with zero attached hydrogens (tertiary/aromatic N) is 2. The Morgan fingerprint density at radius 2 is 1.86 bits per heavy atom. The van der Waals surface area contributed by atoms with E-state index in [1.165, 1.54) is 6.26 Å². The maximum Gasteiger partial charge on any atom is 0.290 e. The van der Waals surface area contributed by atoms with Crippen LogP contribution >= 0.6 is 0 Å². The molecule has 0 bridgehead atoms. The third-order valence-corrected chi connectivity index (χ3v) is 5.53. The van der Waals surface area contributed by atoms with Crippen molar-refractivity contribution in [2.45, 2.75) is 38.5 Å². The molecule has 1 N–H and O–H groups in total. The van der Waals surface area contributed by atoms with E-state index in [4.69, 9.17) is 9.15 Å². The number of hydrogen-bond donors (Lipinski definition) is 1. The molecule has 2 heterocycles. The topological polar surface area (TPSA) is 75.0 Å². The maximum absolute atomic E-state index is 12.9. The van der Waals surface area contributed by atoms with Crippen molar-refractivity contribution in [1.29, 1.82) is 0 Å². The van der Waals surface area contributed by atoms with Crippen LogP contribution in [0.1, 0.15) is 35.9 Å². The lowest BCUT2D eigenvalue weighted by Crippen LogP contribution is -2.55. The van der Waals surface area contributed by atoms with E-state index in [2.05, 4.69) is 10.2 Å². The molecule has 2 amide bonds. The number of hydrogen-bond acceptors (Lipinski definition) is 5. The smallest absolute Gasteiger partial charge is 0.290 e. The van der Waals surface area contributed by atoms with Crippen molar-refractivity contribution in [3.05, 3.63) is 54.0 Å². The molecular weight excluding hydrogens is 370 g/mol. The fourth-order valence-corrected chi connectivity index (χ4v) is 3.49. The summed E-state index contributed by atoms with van der Waals surface area (Å²) in [4.78, 5) is 29.1. The fraction of sp³-hybridized carbons (Fsp3) is 0.455. The van der Waals surface area contributed by atoms with Crippen LogP contribution in [0.15, 0.2) is 47.1 Å². The normalized spacial score (nSPS) is 18.3. The predicted octanol–water partition coefficient (Wildman–Crippen LogP) is 2.28. The van der Waals surface area contributed by atoms with Gasteiger partial charge in [-0.05, 0) is 38.0 Å². The van der Waals surface area contributed by atoms with Crippen LogP contribution in [0.25, 0.3) is 0 Å². The number of rotatable bonds is 7. The van der Waals surface area contributed by atoms with Gasteiger partial charge in [-0.3, -0.25) is 14.5 Å². The second-order valence-electron chi connectivity index (χ2n) is 7.66. The van der Waals surface area contributed by atoms with Gasteiger partial charge in [0, 0.05) is 37.8 Å². The summed E-state index contributed by atoms with van der Waals surface area (Å²) in [6, 6.07) is 11.5. The molecule has 1 unspecified atom stereocenters. The Hall–Kier alpha value is -2.80. The van der Waals surface area contributed by atoms with E-state index in [1.807, 2.05) is 37.3 Å². The van der Waals surface area contributed by atoms with Gasteiger partial charge in [0.25, 0.3) is 5.91 Å². The Morgan fingerprint density at radius 1 is 1.14 bits per heavy atom. The third-order valence-electron chi connectivity index (χ3n) is 5.53. The predicted molar refractivity (Wildman–Crippen MR) is 108 cm³/mol. The molecule has 4 rings (SSSR count). The van der Waals surface area contributed by atoms with Gasteiger partial charge in [0.2, 0.25) is 5.91 Å². The minimum absolute atomic E-state index is 0.0821. The molecule has 1 saturated carbocycles. The Balaban J connectivity index is 1.30. The van der Waals surface area contributed by atoms with E-state index in [-0.39, 0.29) is 24.5 Å². The molecule has 2 aliphatic rings. The first-order chi connectivity index (χ1) is 14.1. The van der Waals surface area contributed by atoms with Crippen LogP contribution in [0, 0.1) is 0 Å². The summed E-state index contributed by atoms with van der Waals surface area (Å²) in [5, 5.41) is 3.05. The average Bonchev–Trinajstić information content (AvgIpc) is 3.45. The molecule has 1 atom stereocenters. The van der Waals surface area contributed by atoms with E-state index in [0.717, 1.165) is 24.2 Å². The quantitative estimate of drug-likeness (QED) is 0.776. The first kappa shape index (κ1) is 19.5. The van der Waals surface area contributed by atoms with Crippen LogP contribution in [-0.2, 0) is 11.4 Å². The lowest BCUT2D eigenvalue weighted by Gasteiger charge is -2.37. The number of ether oxygens (including phenoxy) is 1. The summed E-state index contributed by atoms with van der Waals surface area (Å²) in [6.45, 7) is 4.68. The molecule has 1 aliphatic carbocycles. The molecule has 29 heavy (non-hydrogen) atoms. The van der Waals surface area contributed by atoms with E-state index < -0.39 is 0 Å². The van der Waals surface area contributed by atoms with Gasteiger partial charge in [-0.25, -0.2) is 0 Å². The Labute approximate surface area is 170 Å². The molecule has 1 aliphatic heterocycles. The number of amides is 2. The number of carbonyl (C=O) groups is 2. The lowest BCUT2D eigenvalue weighted by atomic mass is 10.2. The zero-order chi connectivity index (χ0) is 20.2. The first-order valence-electron chi connectivity index (χ1n) is 10.2. The van der Waals surface area contributed by atoms with Crippen molar-refractivity contribution >= 4 is 11.8 Å². The van der Waals surface area contributed by atoms with Crippen molar-refractivity contribution in [3.63, 3.8) is 0 Å². The minimum atomic E-state index is -0.175. The van der Waals surface area contributed by atoms with Gasteiger partial charge in [-0.15, -0.1) is 0 Å². The van der Waals surface area contributed by atoms with E-state index >= 15 is 0 Å².